The van der Waals surface area contributed by atoms with Gasteiger partial charge in [0.15, 0.2) is 0 Å². The van der Waals surface area contributed by atoms with Gasteiger partial charge in [-0.15, -0.1) is 0 Å². The molecule has 1 heterocycles. The summed E-state index contributed by atoms with van der Waals surface area (Å²) in [6.45, 7) is 1.55. The van der Waals surface area contributed by atoms with Crippen molar-refractivity contribution in [3.05, 3.63) is 33.2 Å². The Balaban J connectivity index is 3.29. The minimum Gasteiger partial charge on any atom is -0.267 e. The number of sulfonamides is 1. The Kier molecular flexibility index (Phi) is 2.86. The molecule has 14 heavy (non-hydrogen) atoms. The largest absolute Gasteiger partial charge is 0.272 e. The predicted molar refractivity (Wildman–Crippen MR) is 54.7 cm³/mol. The summed E-state index contributed by atoms with van der Waals surface area (Å²) >= 11 is 5.66. The minimum atomic E-state index is -3.48. The topological polar surface area (TPSA) is 68.2 Å². The van der Waals surface area contributed by atoms with Crippen LogP contribution in [0.4, 0.5) is 0 Å². The van der Waals surface area contributed by atoms with Crippen LogP contribution in [0, 0.1) is 6.92 Å². The van der Waals surface area contributed by atoms with E-state index in [0.29, 0.717) is 10.6 Å². The monoisotopic (exact) mass is 236 g/mol. The third-order valence-electron chi connectivity index (χ3n) is 1.43. The number of nitrogens with zero attached hydrogens (tertiary/aromatic N) is 1. The van der Waals surface area contributed by atoms with Crippen LogP contribution in [0.15, 0.2) is 17.1 Å². The molecule has 0 aromatic carbocycles. The lowest BCUT2D eigenvalue weighted by molar-refractivity contribution is 0.600. The van der Waals surface area contributed by atoms with Gasteiger partial charge in [0.2, 0.25) is 10.0 Å². The first-order valence-electron chi connectivity index (χ1n) is 3.66. The maximum atomic E-state index is 11.4. The third-order valence-corrected chi connectivity index (χ3v) is 2.16. The van der Waals surface area contributed by atoms with Crippen molar-refractivity contribution >= 4 is 21.6 Å². The Labute approximate surface area is 86.3 Å². The lowest BCUT2D eigenvalue weighted by Gasteiger charge is -2.07. The van der Waals surface area contributed by atoms with Gasteiger partial charge in [0.1, 0.15) is 0 Å². The van der Waals surface area contributed by atoms with Crippen LogP contribution in [0.1, 0.15) is 5.56 Å². The van der Waals surface area contributed by atoms with Crippen molar-refractivity contribution in [1.82, 2.24) is 4.68 Å². The average molecular weight is 237 g/mol. The van der Waals surface area contributed by atoms with Crippen molar-refractivity contribution < 1.29 is 8.42 Å². The Bertz CT molecular complexity index is 506. The molecule has 0 bridgehead atoms. The van der Waals surface area contributed by atoms with Crippen LogP contribution in [0.2, 0.25) is 5.02 Å². The van der Waals surface area contributed by atoms with Gasteiger partial charge in [-0.05, 0) is 13.0 Å². The van der Waals surface area contributed by atoms with Gasteiger partial charge in [-0.25, -0.2) is 17.9 Å². The van der Waals surface area contributed by atoms with E-state index in [-0.39, 0.29) is 0 Å². The number of nitrogens with one attached hydrogen (secondary N) is 1. The quantitative estimate of drug-likeness (QED) is 0.804. The van der Waals surface area contributed by atoms with Gasteiger partial charge in [-0.2, -0.15) is 0 Å². The second-order valence-electron chi connectivity index (χ2n) is 2.88. The van der Waals surface area contributed by atoms with Gasteiger partial charge in [0.05, 0.1) is 11.3 Å². The van der Waals surface area contributed by atoms with Gasteiger partial charge in [0, 0.05) is 11.8 Å². The van der Waals surface area contributed by atoms with E-state index in [2.05, 4.69) is 0 Å². The first-order valence-corrected chi connectivity index (χ1v) is 5.93. The summed E-state index contributed by atoms with van der Waals surface area (Å²) in [5.41, 5.74) is -0.0755. The van der Waals surface area contributed by atoms with Crippen LogP contribution >= 0.6 is 11.6 Å². The molecule has 0 atom stereocenters. The summed E-state index contributed by atoms with van der Waals surface area (Å²) in [4.78, 5) is 13.4. The second-order valence-corrected chi connectivity index (χ2v) is 5.04. The van der Waals surface area contributed by atoms with Crippen molar-refractivity contribution in [2.75, 3.05) is 11.1 Å². The van der Waals surface area contributed by atoms with E-state index in [1.807, 2.05) is 4.83 Å². The standard InChI is InChI=1S/C7H9ClN2O3S/c1-5-3-6(8)4-10(7(5)11)9-14(2,12)13/h3-4,9H,1-2H3. The molecule has 0 aliphatic rings. The van der Waals surface area contributed by atoms with Crippen LogP contribution in [-0.4, -0.2) is 19.3 Å². The number of hydrogen-bond donors (Lipinski definition) is 1. The number of rotatable bonds is 2. The fourth-order valence-corrected chi connectivity index (χ4v) is 1.68. The van der Waals surface area contributed by atoms with Crippen LogP contribution < -0.4 is 10.4 Å². The van der Waals surface area contributed by atoms with Crippen LogP contribution in [0.25, 0.3) is 0 Å². The van der Waals surface area contributed by atoms with Crippen molar-refractivity contribution in [3.8, 4) is 0 Å². The fourth-order valence-electron chi connectivity index (χ4n) is 0.924. The molecule has 0 amide bonds. The molecule has 5 nitrogen and oxygen atoms in total. The van der Waals surface area contributed by atoms with Gasteiger partial charge >= 0.3 is 0 Å². The van der Waals surface area contributed by atoms with Crippen LogP contribution in [0.5, 0.6) is 0 Å². The Morgan fingerprint density at radius 3 is 2.57 bits per heavy atom. The third kappa shape index (κ3) is 2.74. The van der Waals surface area contributed by atoms with Crippen molar-refractivity contribution in [2.45, 2.75) is 6.92 Å². The van der Waals surface area contributed by atoms with E-state index >= 15 is 0 Å². The Hall–Kier alpha value is -1.01. The number of halogens is 1. The van der Waals surface area contributed by atoms with E-state index in [4.69, 9.17) is 11.6 Å². The molecule has 0 fully saturated rings. The van der Waals surface area contributed by atoms with Crippen LogP contribution in [0.3, 0.4) is 0 Å². The highest BCUT2D eigenvalue weighted by Crippen LogP contribution is 2.05. The normalized spacial score (nSPS) is 11.4. The summed E-state index contributed by atoms with van der Waals surface area (Å²) in [6.07, 6.45) is 2.16. The van der Waals surface area contributed by atoms with Gasteiger partial charge < -0.3 is 0 Å². The second kappa shape index (κ2) is 3.62. The molecule has 0 radical (unpaired) electrons. The molecule has 0 saturated heterocycles. The molecular formula is C7H9ClN2O3S. The predicted octanol–water partition coefficient (Wildman–Crippen LogP) is 0.313. The van der Waals surface area contributed by atoms with E-state index in [9.17, 15) is 13.2 Å². The van der Waals surface area contributed by atoms with Crippen molar-refractivity contribution in [2.24, 2.45) is 0 Å². The van der Waals surface area contributed by atoms with Crippen LogP contribution in [-0.2, 0) is 10.0 Å². The molecule has 0 aliphatic heterocycles. The summed E-state index contributed by atoms with van der Waals surface area (Å²) in [6, 6.07) is 1.46. The highest BCUT2D eigenvalue weighted by Gasteiger charge is 2.05. The van der Waals surface area contributed by atoms with Crippen molar-refractivity contribution in [3.63, 3.8) is 0 Å². The lowest BCUT2D eigenvalue weighted by Crippen LogP contribution is -2.33. The number of aryl methyl sites for hydroxylation is 1. The average Bonchev–Trinajstić information content (AvgIpc) is 1.96. The first-order chi connectivity index (χ1) is 6.29. The molecule has 1 aromatic rings. The molecule has 1 N–H and O–H groups in total. The molecule has 0 saturated carbocycles. The number of aromatic nitrogens is 1. The molecule has 78 valence electrons. The minimum absolute atomic E-state index is 0.290. The summed E-state index contributed by atoms with van der Waals surface area (Å²) < 4.78 is 22.6. The zero-order valence-corrected chi connectivity index (χ0v) is 9.19. The molecule has 1 aromatic heterocycles. The zero-order valence-electron chi connectivity index (χ0n) is 7.61. The first kappa shape index (κ1) is 11.1. The SMILES string of the molecule is Cc1cc(Cl)cn(NS(C)(=O)=O)c1=O. The number of hydrogen-bond acceptors (Lipinski definition) is 3. The van der Waals surface area contributed by atoms with E-state index in [1.165, 1.54) is 12.3 Å². The highest BCUT2D eigenvalue weighted by atomic mass is 35.5. The van der Waals surface area contributed by atoms with Gasteiger partial charge in [-0.1, -0.05) is 11.6 Å². The molecule has 0 spiro atoms. The lowest BCUT2D eigenvalue weighted by atomic mass is 10.3. The molecule has 1 rings (SSSR count). The summed E-state index contributed by atoms with van der Waals surface area (Å²) in [5, 5.41) is 0.290. The zero-order chi connectivity index (χ0) is 10.9. The van der Waals surface area contributed by atoms with E-state index in [0.717, 1.165) is 10.9 Å². The smallest absolute Gasteiger partial charge is 0.267 e. The molecular weight excluding hydrogens is 228 g/mol. The van der Waals surface area contributed by atoms with E-state index < -0.39 is 15.6 Å². The maximum absolute atomic E-state index is 11.4. The van der Waals surface area contributed by atoms with Gasteiger partial charge in [0.25, 0.3) is 5.56 Å². The Morgan fingerprint density at radius 2 is 2.07 bits per heavy atom. The van der Waals surface area contributed by atoms with Gasteiger partial charge in [-0.3, -0.25) is 4.79 Å². The molecule has 0 aliphatic carbocycles. The maximum Gasteiger partial charge on any atom is 0.272 e. The highest BCUT2D eigenvalue weighted by molar-refractivity contribution is 7.91. The van der Waals surface area contributed by atoms with E-state index in [1.54, 1.807) is 6.92 Å². The van der Waals surface area contributed by atoms with Crippen molar-refractivity contribution in [1.29, 1.82) is 0 Å². The fraction of sp³-hybridized carbons (Fsp3) is 0.286. The molecule has 7 heteroatoms. The summed E-state index contributed by atoms with van der Waals surface area (Å²) in [7, 11) is -3.48. The Morgan fingerprint density at radius 1 is 1.50 bits per heavy atom. The number of pyridine rings is 1. The molecule has 0 unspecified atom stereocenters. The summed E-state index contributed by atoms with van der Waals surface area (Å²) in [5.74, 6) is 0.